The molecule has 10 heteroatoms. The number of aromatic nitrogens is 4. The first-order valence-corrected chi connectivity index (χ1v) is 13.3. The van der Waals surface area contributed by atoms with Crippen molar-refractivity contribution in [3.05, 3.63) is 77.9 Å². The van der Waals surface area contributed by atoms with E-state index in [1.165, 1.54) is 5.56 Å². The first kappa shape index (κ1) is 27.1. The Morgan fingerprint density at radius 3 is 2.08 bits per heavy atom. The maximum atomic E-state index is 11.9. The predicted molar refractivity (Wildman–Crippen MR) is 147 cm³/mol. The highest BCUT2D eigenvalue weighted by Gasteiger charge is 2.33. The molecule has 2 heterocycles. The summed E-state index contributed by atoms with van der Waals surface area (Å²) in [6.07, 6.45) is 4.39. The molecule has 0 radical (unpaired) electrons. The van der Waals surface area contributed by atoms with Gasteiger partial charge in [-0.15, -0.1) is 0 Å². The lowest BCUT2D eigenvalue weighted by Crippen LogP contribution is -2.50. The minimum Gasteiger partial charge on any atom is -0.490 e. The number of amides is 1. The molecule has 0 spiro atoms. The van der Waals surface area contributed by atoms with Crippen LogP contribution in [0.25, 0.3) is 11.6 Å². The molecule has 1 aliphatic carbocycles. The number of alkyl carbamates (subject to hydrolysis) is 1. The van der Waals surface area contributed by atoms with Crippen LogP contribution >= 0.6 is 0 Å². The number of nitrogens with one attached hydrogen (secondary N) is 1. The molecule has 0 bridgehead atoms. The molecule has 0 aliphatic heterocycles. The third-order valence-electron chi connectivity index (χ3n) is 6.47. The highest BCUT2D eigenvalue weighted by molar-refractivity contribution is 5.68. The van der Waals surface area contributed by atoms with Crippen molar-refractivity contribution < 1.29 is 23.5 Å². The Morgan fingerprint density at radius 2 is 1.52 bits per heavy atom. The van der Waals surface area contributed by atoms with Crippen LogP contribution in [-0.4, -0.2) is 43.9 Å². The second-order valence-electron chi connectivity index (χ2n) is 10.9. The summed E-state index contributed by atoms with van der Waals surface area (Å²) in [5.74, 6) is 3.38. The van der Waals surface area contributed by atoms with Gasteiger partial charge in [0.15, 0.2) is 5.75 Å². The van der Waals surface area contributed by atoms with Crippen molar-refractivity contribution in [1.29, 1.82) is 0 Å². The summed E-state index contributed by atoms with van der Waals surface area (Å²) in [4.78, 5) is 24.5. The van der Waals surface area contributed by atoms with E-state index >= 15 is 0 Å². The Morgan fingerprint density at radius 1 is 0.925 bits per heavy atom. The average molecular weight is 544 g/mol. The predicted octanol–water partition coefficient (Wildman–Crippen LogP) is 6.21. The van der Waals surface area contributed by atoms with E-state index in [1.807, 2.05) is 57.2 Å². The Labute approximate surface area is 233 Å². The molecule has 40 heavy (non-hydrogen) atoms. The quantitative estimate of drug-likeness (QED) is 0.276. The van der Waals surface area contributed by atoms with Crippen LogP contribution in [0.1, 0.15) is 63.5 Å². The van der Waals surface area contributed by atoms with E-state index in [0.717, 1.165) is 24.2 Å². The monoisotopic (exact) mass is 543 g/mol. The number of rotatable bonds is 8. The van der Waals surface area contributed by atoms with Crippen molar-refractivity contribution in [2.45, 2.75) is 71.1 Å². The van der Waals surface area contributed by atoms with Gasteiger partial charge >= 0.3 is 6.09 Å². The van der Waals surface area contributed by atoms with E-state index in [0.29, 0.717) is 29.0 Å². The van der Waals surface area contributed by atoms with Gasteiger partial charge in [-0.25, -0.2) is 14.8 Å². The van der Waals surface area contributed by atoms with Crippen LogP contribution in [0.2, 0.25) is 0 Å². The zero-order valence-electron chi connectivity index (χ0n) is 23.2. The number of hydrogen-bond acceptors (Lipinski definition) is 9. The van der Waals surface area contributed by atoms with E-state index < -0.39 is 5.60 Å². The van der Waals surface area contributed by atoms with Crippen LogP contribution in [0.3, 0.4) is 0 Å². The smallest absolute Gasteiger partial charge is 0.407 e. The number of aryl methyl sites for hydroxylation is 1. The van der Waals surface area contributed by atoms with Crippen LogP contribution in [0.5, 0.6) is 17.2 Å². The van der Waals surface area contributed by atoms with Gasteiger partial charge in [-0.1, -0.05) is 36.3 Å². The summed E-state index contributed by atoms with van der Waals surface area (Å²) < 4.78 is 22.3. The number of carbonyl (C=O) groups excluding carboxylic acids is 1. The third-order valence-corrected chi connectivity index (χ3v) is 6.47. The Kier molecular flexibility index (Phi) is 7.68. The van der Waals surface area contributed by atoms with E-state index in [-0.39, 0.29) is 24.2 Å². The van der Waals surface area contributed by atoms with Crippen molar-refractivity contribution in [2.24, 2.45) is 0 Å². The fourth-order valence-corrected chi connectivity index (χ4v) is 4.31. The van der Waals surface area contributed by atoms with Crippen LogP contribution in [0.4, 0.5) is 4.79 Å². The molecule has 2 aromatic carbocycles. The van der Waals surface area contributed by atoms with Crippen molar-refractivity contribution in [3.8, 4) is 28.9 Å². The average Bonchev–Trinajstić information content (AvgIpc) is 3.33. The van der Waals surface area contributed by atoms with Gasteiger partial charge in [0.25, 0.3) is 0 Å². The second kappa shape index (κ2) is 11.3. The Bertz CT molecular complexity index is 1420. The lowest BCUT2D eigenvalue weighted by molar-refractivity contribution is 0.0363. The molecule has 1 fully saturated rings. The molecule has 1 atom stereocenters. The molecular weight excluding hydrogens is 510 g/mol. The zero-order valence-corrected chi connectivity index (χ0v) is 23.2. The van der Waals surface area contributed by atoms with Gasteiger partial charge in [0, 0.05) is 31.7 Å². The number of nitrogens with zero attached hydrogens (tertiary/aromatic N) is 4. The standard InChI is InChI=1S/C30H33N5O5/c1-18(20-6-10-23(11-7-20)37-25-14-22(15-25)34-29(36)39-30(3,4)5)21-8-12-24(13-9-21)38-26-16-31-27(32-17-26)28-33-19(2)40-35-28/h6-13,16-18,22,25H,14-15H2,1-5H3,(H,34,36). The molecule has 10 nitrogen and oxygen atoms in total. The summed E-state index contributed by atoms with van der Waals surface area (Å²) in [5, 5.41) is 6.71. The minimum absolute atomic E-state index is 0.0824. The summed E-state index contributed by atoms with van der Waals surface area (Å²) in [6.45, 7) is 9.43. The van der Waals surface area contributed by atoms with Gasteiger partial charge in [0.05, 0.1) is 12.4 Å². The molecule has 5 rings (SSSR count). The number of benzene rings is 2. The number of ether oxygens (including phenoxy) is 3. The molecular formula is C30H33N5O5. The maximum Gasteiger partial charge on any atom is 0.407 e. The summed E-state index contributed by atoms with van der Waals surface area (Å²) in [5.41, 5.74) is 1.84. The van der Waals surface area contributed by atoms with E-state index in [2.05, 4.69) is 44.5 Å². The lowest BCUT2D eigenvalue weighted by Gasteiger charge is -2.36. The van der Waals surface area contributed by atoms with E-state index in [4.69, 9.17) is 18.7 Å². The molecule has 4 aromatic rings. The minimum atomic E-state index is -0.502. The van der Waals surface area contributed by atoms with Crippen LogP contribution in [-0.2, 0) is 4.74 Å². The van der Waals surface area contributed by atoms with Gasteiger partial charge in [0.2, 0.25) is 17.5 Å². The van der Waals surface area contributed by atoms with Gasteiger partial charge in [-0.05, 0) is 56.2 Å². The van der Waals surface area contributed by atoms with E-state index in [9.17, 15) is 4.79 Å². The molecule has 0 saturated heterocycles. The molecule has 1 unspecified atom stereocenters. The van der Waals surface area contributed by atoms with Gasteiger partial charge in [-0.2, -0.15) is 4.98 Å². The highest BCUT2D eigenvalue weighted by Crippen LogP contribution is 2.31. The lowest BCUT2D eigenvalue weighted by atomic mass is 9.89. The van der Waals surface area contributed by atoms with Gasteiger partial charge in [-0.3, -0.25) is 0 Å². The van der Waals surface area contributed by atoms with Crippen molar-refractivity contribution in [2.75, 3.05) is 0 Å². The molecule has 1 amide bonds. The summed E-state index contributed by atoms with van der Waals surface area (Å²) in [7, 11) is 0. The van der Waals surface area contributed by atoms with Crippen LogP contribution in [0.15, 0.2) is 65.4 Å². The highest BCUT2D eigenvalue weighted by atomic mass is 16.6. The second-order valence-corrected chi connectivity index (χ2v) is 10.9. The van der Waals surface area contributed by atoms with Gasteiger partial charge in [0.1, 0.15) is 23.2 Å². The van der Waals surface area contributed by atoms with Crippen molar-refractivity contribution in [1.82, 2.24) is 25.4 Å². The Hall–Kier alpha value is -4.47. The molecule has 1 saturated carbocycles. The molecule has 2 aromatic heterocycles. The molecule has 1 N–H and O–H groups in total. The largest absolute Gasteiger partial charge is 0.490 e. The normalized spacial score (nSPS) is 17.4. The third kappa shape index (κ3) is 6.93. The zero-order chi connectivity index (χ0) is 28.3. The fraction of sp³-hybridized carbons (Fsp3) is 0.367. The molecule has 208 valence electrons. The first-order chi connectivity index (χ1) is 19.1. The fourth-order valence-electron chi connectivity index (χ4n) is 4.31. The van der Waals surface area contributed by atoms with Crippen LogP contribution in [0, 0.1) is 6.92 Å². The summed E-state index contributed by atoms with van der Waals surface area (Å²) >= 11 is 0. The first-order valence-electron chi connectivity index (χ1n) is 13.3. The van der Waals surface area contributed by atoms with Crippen molar-refractivity contribution >= 4 is 6.09 Å². The molecule has 1 aliphatic rings. The summed E-state index contributed by atoms with van der Waals surface area (Å²) in [6, 6.07) is 16.2. The van der Waals surface area contributed by atoms with Gasteiger partial charge < -0.3 is 24.1 Å². The Balaban J connectivity index is 1.10. The topological polar surface area (TPSA) is 121 Å². The SMILES string of the molecule is Cc1nc(-c2ncc(Oc3ccc(C(C)c4ccc(OC5CC(NC(=O)OC(C)(C)C)C5)cc4)cc3)cn2)no1. The van der Waals surface area contributed by atoms with Crippen LogP contribution < -0.4 is 14.8 Å². The van der Waals surface area contributed by atoms with Crippen molar-refractivity contribution in [3.63, 3.8) is 0 Å². The maximum absolute atomic E-state index is 11.9. The number of hydrogen-bond donors (Lipinski definition) is 1. The van der Waals surface area contributed by atoms with E-state index in [1.54, 1.807) is 19.3 Å². The number of carbonyl (C=O) groups is 1.